The van der Waals surface area contributed by atoms with Gasteiger partial charge in [0.15, 0.2) is 5.75 Å². The highest BCUT2D eigenvalue weighted by molar-refractivity contribution is 5.73. The van der Waals surface area contributed by atoms with Crippen molar-refractivity contribution in [3.8, 4) is 5.75 Å². The molecule has 0 spiro atoms. The normalized spacial score (nSPS) is 21.5. The van der Waals surface area contributed by atoms with Gasteiger partial charge < -0.3 is 19.7 Å². The Hall–Kier alpha value is -2.42. The number of nitrogens with one attached hydrogen (secondary N) is 1. The van der Waals surface area contributed by atoms with Gasteiger partial charge in [-0.2, -0.15) is 0 Å². The lowest BCUT2D eigenvalue weighted by Crippen LogP contribution is -2.37. The molecule has 1 N–H and O–H groups in total. The van der Waals surface area contributed by atoms with Crippen molar-refractivity contribution < 1.29 is 9.47 Å². The van der Waals surface area contributed by atoms with Crippen LogP contribution in [0.15, 0.2) is 18.3 Å². The van der Waals surface area contributed by atoms with Crippen LogP contribution in [0.2, 0.25) is 0 Å². The monoisotopic (exact) mass is 480 g/mol. The van der Waals surface area contributed by atoms with E-state index in [1.54, 1.807) is 0 Å². The Bertz CT molecular complexity index is 1020. The van der Waals surface area contributed by atoms with Gasteiger partial charge in [0.2, 0.25) is 0 Å². The fourth-order valence-electron chi connectivity index (χ4n) is 5.84. The van der Waals surface area contributed by atoms with Crippen LogP contribution >= 0.6 is 0 Å². The molecule has 8 heteroatoms. The summed E-state index contributed by atoms with van der Waals surface area (Å²) in [7, 11) is 2.24. The molecule has 0 saturated carbocycles. The van der Waals surface area contributed by atoms with Crippen LogP contribution in [0.5, 0.6) is 5.75 Å². The van der Waals surface area contributed by atoms with Crippen LogP contribution in [0.3, 0.4) is 0 Å². The van der Waals surface area contributed by atoms with Gasteiger partial charge in [0.1, 0.15) is 12.4 Å². The van der Waals surface area contributed by atoms with Crippen molar-refractivity contribution in [2.24, 2.45) is 0 Å². The zero-order valence-corrected chi connectivity index (χ0v) is 21.7. The van der Waals surface area contributed by atoms with Crippen LogP contribution in [-0.2, 0) is 11.3 Å². The van der Waals surface area contributed by atoms with Crippen molar-refractivity contribution in [3.05, 3.63) is 35.3 Å². The maximum Gasteiger partial charge on any atom is 0.164 e. The van der Waals surface area contributed by atoms with E-state index in [1.807, 2.05) is 6.20 Å². The van der Waals surface area contributed by atoms with Gasteiger partial charge in [-0.25, -0.2) is 4.98 Å². The number of pyridine rings is 2. The van der Waals surface area contributed by atoms with Crippen molar-refractivity contribution >= 4 is 17.2 Å². The maximum absolute atomic E-state index is 6.36. The van der Waals surface area contributed by atoms with E-state index in [9.17, 15) is 0 Å². The highest BCUT2D eigenvalue weighted by Crippen LogP contribution is 2.40. The van der Waals surface area contributed by atoms with Crippen molar-refractivity contribution in [2.75, 3.05) is 63.2 Å². The number of aromatic nitrogens is 2. The SMILES string of the molecule is CCC(CC)N1CCC(c2cc3c(c(C)n2)OCc2c(N4CCOCC4)ccnc2N3)N(C)CC1. The molecule has 5 rings (SSSR count). The van der Waals surface area contributed by atoms with Gasteiger partial charge in [-0.15, -0.1) is 0 Å². The zero-order chi connectivity index (χ0) is 24.4. The molecule has 1 unspecified atom stereocenters. The largest absolute Gasteiger partial charge is 0.485 e. The number of fused-ring (bicyclic) bond motifs is 2. The number of hydrogen-bond donors (Lipinski definition) is 1. The molecule has 0 radical (unpaired) electrons. The quantitative estimate of drug-likeness (QED) is 0.686. The number of rotatable bonds is 5. The van der Waals surface area contributed by atoms with Gasteiger partial charge in [-0.05, 0) is 45.4 Å². The highest BCUT2D eigenvalue weighted by atomic mass is 16.5. The third-order valence-electron chi connectivity index (χ3n) is 7.92. The van der Waals surface area contributed by atoms with Crippen LogP contribution in [0.1, 0.15) is 56.1 Å². The van der Waals surface area contributed by atoms with E-state index in [-0.39, 0.29) is 6.04 Å². The minimum Gasteiger partial charge on any atom is -0.485 e. The standard InChI is InChI=1S/C27H40N6O2/c1-5-20(6-2)32-10-8-25(31(4)11-12-32)22-17-23-26(19(3)29-22)35-18-21-24(7-9-28-27(21)30-23)33-13-15-34-16-14-33/h7,9,17,20,25H,5-6,8,10-16,18H2,1-4H3,(H,28,30). The zero-order valence-electron chi connectivity index (χ0n) is 21.7. The van der Waals surface area contributed by atoms with E-state index >= 15 is 0 Å². The molecule has 2 saturated heterocycles. The van der Waals surface area contributed by atoms with E-state index < -0.39 is 0 Å². The van der Waals surface area contributed by atoms with Crippen molar-refractivity contribution in [2.45, 2.75) is 58.7 Å². The van der Waals surface area contributed by atoms with Gasteiger partial charge in [-0.3, -0.25) is 14.8 Å². The van der Waals surface area contributed by atoms with E-state index in [1.165, 1.54) is 18.5 Å². The van der Waals surface area contributed by atoms with Gasteiger partial charge in [0, 0.05) is 50.6 Å². The first-order chi connectivity index (χ1) is 17.1. The third-order valence-corrected chi connectivity index (χ3v) is 7.92. The molecule has 0 aromatic carbocycles. The molecule has 3 aliphatic rings. The number of likely N-dealkylation sites (N-methyl/N-ethyl adjacent to an activating group) is 1. The lowest BCUT2D eigenvalue weighted by molar-refractivity contribution is 0.122. The second-order valence-electron chi connectivity index (χ2n) is 9.97. The Morgan fingerprint density at radius 2 is 1.91 bits per heavy atom. The van der Waals surface area contributed by atoms with Gasteiger partial charge in [0.05, 0.1) is 41.9 Å². The van der Waals surface area contributed by atoms with Crippen molar-refractivity contribution in [3.63, 3.8) is 0 Å². The molecule has 3 aliphatic heterocycles. The highest BCUT2D eigenvalue weighted by Gasteiger charge is 2.29. The summed E-state index contributed by atoms with van der Waals surface area (Å²) in [6, 6.07) is 5.24. The molecule has 35 heavy (non-hydrogen) atoms. The number of morpholine rings is 1. The summed E-state index contributed by atoms with van der Waals surface area (Å²) >= 11 is 0. The average Bonchev–Trinajstić information content (AvgIpc) is 3.19. The molecule has 190 valence electrons. The molecule has 1 atom stereocenters. The molecule has 0 bridgehead atoms. The summed E-state index contributed by atoms with van der Waals surface area (Å²) in [6.07, 6.45) is 5.39. The number of aryl methyl sites for hydroxylation is 1. The second-order valence-corrected chi connectivity index (χ2v) is 9.97. The number of ether oxygens (including phenoxy) is 2. The lowest BCUT2D eigenvalue weighted by atomic mass is 10.1. The Kier molecular flexibility index (Phi) is 7.41. The number of nitrogens with zero attached hydrogens (tertiary/aromatic N) is 5. The summed E-state index contributed by atoms with van der Waals surface area (Å²) in [4.78, 5) is 17.3. The Labute approximate surface area is 209 Å². The third kappa shape index (κ3) is 4.97. The predicted molar refractivity (Wildman–Crippen MR) is 140 cm³/mol. The number of hydrogen-bond acceptors (Lipinski definition) is 8. The average molecular weight is 481 g/mol. The first-order valence-corrected chi connectivity index (χ1v) is 13.2. The van der Waals surface area contributed by atoms with Crippen molar-refractivity contribution in [1.29, 1.82) is 0 Å². The maximum atomic E-state index is 6.36. The number of anilines is 3. The van der Waals surface area contributed by atoms with Crippen LogP contribution in [0, 0.1) is 6.92 Å². The van der Waals surface area contributed by atoms with E-state index in [0.717, 1.165) is 86.6 Å². The lowest BCUT2D eigenvalue weighted by Gasteiger charge is -2.30. The molecule has 5 heterocycles. The second kappa shape index (κ2) is 10.7. The summed E-state index contributed by atoms with van der Waals surface area (Å²) < 4.78 is 11.9. The Morgan fingerprint density at radius 3 is 2.69 bits per heavy atom. The predicted octanol–water partition coefficient (Wildman–Crippen LogP) is 4.12. The van der Waals surface area contributed by atoms with Gasteiger partial charge in [0.25, 0.3) is 0 Å². The van der Waals surface area contributed by atoms with Gasteiger partial charge >= 0.3 is 0 Å². The summed E-state index contributed by atoms with van der Waals surface area (Å²) in [5.74, 6) is 1.70. The molecular weight excluding hydrogens is 440 g/mol. The topological polar surface area (TPSA) is 66.0 Å². The van der Waals surface area contributed by atoms with E-state index in [4.69, 9.17) is 19.4 Å². The van der Waals surface area contributed by atoms with Crippen LogP contribution in [-0.4, -0.2) is 78.8 Å². The summed E-state index contributed by atoms with van der Waals surface area (Å²) in [5.41, 5.74) is 5.28. The minimum absolute atomic E-state index is 0.288. The summed E-state index contributed by atoms with van der Waals surface area (Å²) in [5, 5.41) is 3.62. The molecule has 2 fully saturated rings. The first kappa shape index (κ1) is 24.3. The molecule has 0 aliphatic carbocycles. The molecule has 2 aromatic rings. The molecule has 0 amide bonds. The first-order valence-electron chi connectivity index (χ1n) is 13.2. The molecule has 2 aromatic heterocycles. The fourth-order valence-corrected chi connectivity index (χ4v) is 5.84. The van der Waals surface area contributed by atoms with E-state index in [2.05, 4.69) is 60.0 Å². The fraction of sp³-hybridized carbons (Fsp3) is 0.630. The van der Waals surface area contributed by atoms with Crippen molar-refractivity contribution in [1.82, 2.24) is 19.8 Å². The van der Waals surface area contributed by atoms with Gasteiger partial charge in [-0.1, -0.05) is 13.8 Å². The Balaban J connectivity index is 1.42. The Morgan fingerprint density at radius 1 is 1.11 bits per heavy atom. The van der Waals surface area contributed by atoms with Crippen LogP contribution < -0.4 is 15.0 Å². The van der Waals surface area contributed by atoms with E-state index in [0.29, 0.717) is 12.6 Å². The van der Waals surface area contributed by atoms with Crippen LogP contribution in [0.4, 0.5) is 17.2 Å². The minimum atomic E-state index is 0.288. The smallest absolute Gasteiger partial charge is 0.164 e. The molecule has 8 nitrogen and oxygen atoms in total. The summed E-state index contributed by atoms with van der Waals surface area (Å²) in [6.45, 7) is 13.7. The van der Waals surface area contributed by atoms with Crippen LogP contribution in [0.25, 0.3) is 0 Å². The molecular formula is C27H40N6O2.